The summed E-state index contributed by atoms with van der Waals surface area (Å²) in [5, 5.41) is 4.17. The van der Waals surface area contributed by atoms with Gasteiger partial charge in [0.25, 0.3) is 0 Å². The molecule has 3 nitrogen and oxygen atoms in total. The highest BCUT2D eigenvalue weighted by Crippen LogP contribution is 2.32. The van der Waals surface area contributed by atoms with E-state index in [1.807, 2.05) is 19.1 Å². The van der Waals surface area contributed by atoms with Crippen molar-refractivity contribution in [1.82, 2.24) is 5.32 Å². The molecule has 0 saturated carbocycles. The SMILES string of the molecule is CCOC(C)CNCc1cc(Cl)cc2c1OCC2. The summed E-state index contributed by atoms with van der Waals surface area (Å²) in [5.74, 6) is 1.01. The molecule has 1 unspecified atom stereocenters. The first kappa shape index (κ1) is 13.7. The van der Waals surface area contributed by atoms with Crippen molar-refractivity contribution in [2.24, 2.45) is 0 Å². The summed E-state index contributed by atoms with van der Waals surface area (Å²) in [4.78, 5) is 0. The van der Waals surface area contributed by atoms with Crippen LogP contribution < -0.4 is 10.1 Å². The van der Waals surface area contributed by atoms with E-state index >= 15 is 0 Å². The van der Waals surface area contributed by atoms with Crippen LogP contribution in [-0.2, 0) is 17.7 Å². The summed E-state index contributed by atoms with van der Waals surface area (Å²) in [6.07, 6.45) is 1.18. The van der Waals surface area contributed by atoms with Gasteiger partial charge in [0, 0.05) is 36.7 Å². The van der Waals surface area contributed by atoms with Crippen molar-refractivity contribution in [3.63, 3.8) is 0 Å². The van der Waals surface area contributed by atoms with Crippen molar-refractivity contribution in [2.75, 3.05) is 19.8 Å². The Hall–Kier alpha value is -0.770. The molecular formula is C14H20ClNO2. The number of benzene rings is 1. The molecule has 0 aromatic heterocycles. The topological polar surface area (TPSA) is 30.5 Å². The minimum Gasteiger partial charge on any atom is -0.493 e. The zero-order valence-corrected chi connectivity index (χ0v) is 11.7. The van der Waals surface area contributed by atoms with E-state index in [1.165, 1.54) is 5.56 Å². The fraction of sp³-hybridized carbons (Fsp3) is 0.571. The molecule has 0 radical (unpaired) electrons. The van der Waals surface area contributed by atoms with Crippen molar-refractivity contribution < 1.29 is 9.47 Å². The predicted octanol–water partition coefficient (Wildman–Crippen LogP) is 2.79. The number of hydrogen-bond acceptors (Lipinski definition) is 3. The van der Waals surface area contributed by atoms with E-state index in [0.717, 1.165) is 49.1 Å². The van der Waals surface area contributed by atoms with Gasteiger partial charge in [-0.15, -0.1) is 0 Å². The molecule has 0 saturated heterocycles. The van der Waals surface area contributed by atoms with Crippen LogP contribution in [0.15, 0.2) is 12.1 Å². The Labute approximate surface area is 113 Å². The Morgan fingerprint density at radius 3 is 3.11 bits per heavy atom. The van der Waals surface area contributed by atoms with Gasteiger partial charge in [-0.3, -0.25) is 0 Å². The van der Waals surface area contributed by atoms with E-state index in [4.69, 9.17) is 21.1 Å². The minimum absolute atomic E-state index is 0.225. The van der Waals surface area contributed by atoms with Crippen LogP contribution in [-0.4, -0.2) is 25.9 Å². The molecule has 1 aromatic carbocycles. The second-order valence-electron chi connectivity index (χ2n) is 4.55. The Morgan fingerprint density at radius 2 is 2.33 bits per heavy atom. The monoisotopic (exact) mass is 269 g/mol. The predicted molar refractivity (Wildman–Crippen MR) is 73.4 cm³/mol. The summed E-state index contributed by atoms with van der Waals surface area (Å²) in [6, 6.07) is 3.97. The minimum atomic E-state index is 0.225. The molecule has 100 valence electrons. The number of ether oxygens (including phenoxy) is 2. The van der Waals surface area contributed by atoms with Gasteiger partial charge in [0.15, 0.2) is 0 Å². The normalized spacial score (nSPS) is 15.3. The van der Waals surface area contributed by atoms with Crippen molar-refractivity contribution in [1.29, 1.82) is 0 Å². The third kappa shape index (κ3) is 3.37. The number of rotatable bonds is 6. The average molecular weight is 270 g/mol. The summed E-state index contributed by atoms with van der Waals surface area (Å²) >= 11 is 6.11. The maximum absolute atomic E-state index is 6.11. The molecule has 0 spiro atoms. The van der Waals surface area contributed by atoms with Gasteiger partial charge in [-0.2, -0.15) is 0 Å². The molecule has 1 atom stereocenters. The van der Waals surface area contributed by atoms with Crippen LogP contribution in [0, 0.1) is 0 Å². The lowest BCUT2D eigenvalue weighted by atomic mass is 10.1. The first-order chi connectivity index (χ1) is 8.70. The Morgan fingerprint density at radius 1 is 1.50 bits per heavy atom. The van der Waals surface area contributed by atoms with E-state index < -0.39 is 0 Å². The molecule has 0 amide bonds. The van der Waals surface area contributed by atoms with Crippen molar-refractivity contribution in [3.8, 4) is 5.75 Å². The molecule has 1 aliphatic heterocycles. The molecule has 1 heterocycles. The standard InChI is InChI=1S/C14H20ClNO2/c1-3-17-10(2)8-16-9-12-7-13(15)6-11-4-5-18-14(11)12/h6-7,10,16H,3-5,8-9H2,1-2H3. The zero-order chi connectivity index (χ0) is 13.0. The molecule has 1 aliphatic rings. The smallest absolute Gasteiger partial charge is 0.127 e. The fourth-order valence-electron chi connectivity index (χ4n) is 2.23. The average Bonchev–Trinajstić information content (AvgIpc) is 2.77. The van der Waals surface area contributed by atoms with Crippen LogP contribution in [0.1, 0.15) is 25.0 Å². The van der Waals surface area contributed by atoms with Crippen LogP contribution in [0.25, 0.3) is 0 Å². The fourth-order valence-corrected chi connectivity index (χ4v) is 2.49. The molecule has 0 bridgehead atoms. The third-order valence-corrected chi connectivity index (χ3v) is 3.24. The van der Waals surface area contributed by atoms with Crippen LogP contribution in [0.3, 0.4) is 0 Å². The van der Waals surface area contributed by atoms with E-state index in [-0.39, 0.29) is 6.10 Å². The van der Waals surface area contributed by atoms with Gasteiger partial charge in [-0.1, -0.05) is 11.6 Å². The molecule has 18 heavy (non-hydrogen) atoms. The van der Waals surface area contributed by atoms with Gasteiger partial charge in [0.2, 0.25) is 0 Å². The van der Waals surface area contributed by atoms with E-state index in [1.54, 1.807) is 0 Å². The van der Waals surface area contributed by atoms with E-state index in [9.17, 15) is 0 Å². The largest absolute Gasteiger partial charge is 0.493 e. The van der Waals surface area contributed by atoms with Gasteiger partial charge in [0.1, 0.15) is 5.75 Å². The van der Waals surface area contributed by atoms with Crippen LogP contribution in [0.4, 0.5) is 0 Å². The molecule has 0 fully saturated rings. The van der Waals surface area contributed by atoms with Gasteiger partial charge in [-0.05, 0) is 31.5 Å². The maximum atomic E-state index is 6.11. The first-order valence-corrected chi connectivity index (χ1v) is 6.85. The van der Waals surface area contributed by atoms with Gasteiger partial charge < -0.3 is 14.8 Å². The number of nitrogens with one attached hydrogen (secondary N) is 1. The number of halogens is 1. The summed E-state index contributed by atoms with van der Waals surface area (Å²) in [6.45, 7) is 7.18. The lowest BCUT2D eigenvalue weighted by Crippen LogP contribution is -2.26. The lowest BCUT2D eigenvalue weighted by Gasteiger charge is -2.14. The molecule has 4 heteroatoms. The molecule has 2 rings (SSSR count). The summed E-state index contributed by atoms with van der Waals surface area (Å²) < 4.78 is 11.1. The first-order valence-electron chi connectivity index (χ1n) is 6.47. The van der Waals surface area contributed by atoms with Crippen molar-refractivity contribution in [2.45, 2.75) is 32.9 Å². The second-order valence-corrected chi connectivity index (χ2v) is 4.98. The maximum Gasteiger partial charge on any atom is 0.127 e. The van der Waals surface area contributed by atoms with Crippen LogP contribution in [0.2, 0.25) is 5.02 Å². The molecule has 1 N–H and O–H groups in total. The quantitative estimate of drug-likeness (QED) is 0.861. The van der Waals surface area contributed by atoms with E-state index in [2.05, 4.69) is 12.2 Å². The van der Waals surface area contributed by atoms with Crippen molar-refractivity contribution >= 4 is 11.6 Å². The van der Waals surface area contributed by atoms with Crippen LogP contribution >= 0.6 is 11.6 Å². The number of fused-ring (bicyclic) bond motifs is 1. The third-order valence-electron chi connectivity index (χ3n) is 3.02. The highest BCUT2D eigenvalue weighted by molar-refractivity contribution is 6.30. The molecule has 0 aliphatic carbocycles. The van der Waals surface area contributed by atoms with Gasteiger partial charge in [-0.25, -0.2) is 0 Å². The summed E-state index contributed by atoms with van der Waals surface area (Å²) in [7, 11) is 0. The molecule has 1 aromatic rings. The number of hydrogen-bond donors (Lipinski definition) is 1. The van der Waals surface area contributed by atoms with E-state index in [0.29, 0.717) is 0 Å². The van der Waals surface area contributed by atoms with Gasteiger partial charge in [0.05, 0.1) is 12.7 Å². The van der Waals surface area contributed by atoms with Crippen LogP contribution in [0.5, 0.6) is 5.75 Å². The Bertz CT molecular complexity index is 409. The highest BCUT2D eigenvalue weighted by atomic mass is 35.5. The summed E-state index contributed by atoms with van der Waals surface area (Å²) in [5.41, 5.74) is 2.36. The zero-order valence-electron chi connectivity index (χ0n) is 11.0. The molecular weight excluding hydrogens is 250 g/mol. The Balaban J connectivity index is 1.93. The Kier molecular flexibility index (Phi) is 4.87. The highest BCUT2D eigenvalue weighted by Gasteiger charge is 2.17. The van der Waals surface area contributed by atoms with Crippen molar-refractivity contribution in [3.05, 3.63) is 28.3 Å². The second kappa shape index (κ2) is 6.41. The lowest BCUT2D eigenvalue weighted by molar-refractivity contribution is 0.0759. The van der Waals surface area contributed by atoms with Gasteiger partial charge >= 0.3 is 0 Å².